The first kappa shape index (κ1) is 13.8. The van der Waals surface area contributed by atoms with Crippen LogP contribution in [0.25, 0.3) is 0 Å². The number of benzene rings is 2. The van der Waals surface area contributed by atoms with Gasteiger partial charge in [0.1, 0.15) is 5.82 Å². The first-order chi connectivity index (χ1) is 8.97. The van der Waals surface area contributed by atoms with Crippen LogP contribution in [0.5, 0.6) is 0 Å². The molecule has 0 unspecified atom stereocenters. The Labute approximate surface area is 124 Å². The van der Waals surface area contributed by atoms with E-state index < -0.39 is 0 Å². The molecular formula is C14H12FIN2O. The summed E-state index contributed by atoms with van der Waals surface area (Å²) in [7, 11) is 0. The van der Waals surface area contributed by atoms with Gasteiger partial charge in [0.2, 0.25) is 0 Å². The van der Waals surface area contributed by atoms with Crippen LogP contribution in [-0.2, 0) is 0 Å². The first-order valence-corrected chi connectivity index (χ1v) is 6.68. The van der Waals surface area contributed by atoms with Gasteiger partial charge in [0.15, 0.2) is 0 Å². The van der Waals surface area contributed by atoms with Crippen LogP contribution in [-0.4, -0.2) is 5.91 Å². The summed E-state index contributed by atoms with van der Waals surface area (Å²) < 4.78 is 13.6. The van der Waals surface area contributed by atoms with Gasteiger partial charge in [-0.05, 0) is 71.5 Å². The van der Waals surface area contributed by atoms with Gasteiger partial charge in [-0.15, -0.1) is 0 Å². The summed E-state index contributed by atoms with van der Waals surface area (Å²) in [6.45, 7) is 1.87. The Balaban J connectivity index is 2.23. The summed E-state index contributed by atoms with van der Waals surface area (Å²) in [4.78, 5) is 12.1. The summed E-state index contributed by atoms with van der Waals surface area (Å²) in [6.07, 6.45) is 0. The Bertz CT molecular complexity index is 643. The molecule has 1 amide bonds. The minimum absolute atomic E-state index is 0.270. The van der Waals surface area contributed by atoms with Crippen LogP contribution in [0.4, 0.5) is 15.8 Å². The average molecular weight is 370 g/mol. The fourth-order valence-electron chi connectivity index (χ4n) is 1.63. The molecule has 0 fully saturated rings. The van der Waals surface area contributed by atoms with Gasteiger partial charge in [-0.2, -0.15) is 0 Å². The summed E-state index contributed by atoms with van der Waals surface area (Å²) >= 11 is 1.94. The molecular weight excluding hydrogens is 358 g/mol. The molecule has 3 N–H and O–H groups in total. The topological polar surface area (TPSA) is 55.1 Å². The van der Waals surface area contributed by atoms with Crippen molar-refractivity contribution in [2.24, 2.45) is 0 Å². The zero-order chi connectivity index (χ0) is 14.0. The molecule has 0 aliphatic heterocycles. The second kappa shape index (κ2) is 5.56. The van der Waals surface area contributed by atoms with Crippen molar-refractivity contribution in [1.82, 2.24) is 0 Å². The molecule has 2 aromatic carbocycles. The third-order valence-corrected chi connectivity index (χ3v) is 3.60. The summed E-state index contributed by atoms with van der Waals surface area (Å²) in [5.74, 6) is -0.627. The number of nitrogens with one attached hydrogen (secondary N) is 1. The molecule has 0 saturated heterocycles. The molecule has 0 spiro atoms. The molecule has 2 aromatic rings. The summed E-state index contributed by atoms with van der Waals surface area (Å²) in [5.41, 5.74) is 8.39. The number of halogens is 2. The molecule has 5 heteroatoms. The normalized spacial score (nSPS) is 10.3. The van der Waals surface area contributed by atoms with Crippen molar-refractivity contribution >= 4 is 39.9 Å². The molecule has 98 valence electrons. The Morgan fingerprint density at radius 3 is 2.63 bits per heavy atom. The number of nitrogens with two attached hydrogens (primary N) is 1. The van der Waals surface area contributed by atoms with Crippen LogP contribution in [0.3, 0.4) is 0 Å². The molecule has 0 radical (unpaired) electrons. The van der Waals surface area contributed by atoms with E-state index in [-0.39, 0.29) is 11.7 Å². The van der Waals surface area contributed by atoms with Crippen LogP contribution >= 0.6 is 22.6 Å². The summed E-state index contributed by atoms with van der Waals surface area (Å²) in [6, 6.07) is 9.33. The van der Waals surface area contributed by atoms with Crippen molar-refractivity contribution in [1.29, 1.82) is 0 Å². The fourth-order valence-corrected chi connectivity index (χ4v) is 2.35. The number of nitrogen functional groups attached to an aromatic ring is 1. The molecule has 19 heavy (non-hydrogen) atoms. The number of carbonyl (C=O) groups excluding carboxylic acids is 1. The molecule has 2 rings (SSSR count). The molecule has 0 atom stereocenters. The zero-order valence-corrected chi connectivity index (χ0v) is 12.4. The van der Waals surface area contributed by atoms with Gasteiger partial charge < -0.3 is 11.1 Å². The van der Waals surface area contributed by atoms with Gasteiger partial charge in [-0.1, -0.05) is 0 Å². The van der Waals surface area contributed by atoms with Gasteiger partial charge in [0, 0.05) is 14.9 Å². The Hall–Kier alpha value is -1.63. The molecule has 0 bridgehead atoms. The van der Waals surface area contributed by atoms with Gasteiger partial charge in [-0.25, -0.2) is 4.39 Å². The number of carbonyl (C=O) groups is 1. The van der Waals surface area contributed by atoms with E-state index in [0.717, 1.165) is 5.56 Å². The highest BCUT2D eigenvalue weighted by molar-refractivity contribution is 14.1. The predicted molar refractivity (Wildman–Crippen MR) is 82.7 cm³/mol. The van der Waals surface area contributed by atoms with Gasteiger partial charge in [0.25, 0.3) is 5.91 Å². The van der Waals surface area contributed by atoms with Gasteiger partial charge in [0.05, 0.1) is 5.56 Å². The number of aryl methyl sites for hydroxylation is 1. The van der Waals surface area contributed by atoms with E-state index in [1.54, 1.807) is 18.2 Å². The largest absolute Gasteiger partial charge is 0.399 e. The van der Waals surface area contributed by atoms with E-state index in [9.17, 15) is 9.18 Å². The number of hydrogen-bond acceptors (Lipinski definition) is 2. The third-order valence-electron chi connectivity index (χ3n) is 2.70. The highest BCUT2D eigenvalue weighted by Crippen LogP contribution is 2.19. The Kier molecular flexibility index (Phi) is 4.04. The smallest absolute Gasteiger partial charge is 0.256 e. The van der Waals surface area contributed by atoms with Crippen molar-refractivity contribution in [3.8, 4) is 0 Å². The fraction of sp³-hybridized carbons (Fsp3) is 0.0714. The second-order valence-electron chi connectivity index (χ2n) is 4.15. The van der Waals surface area contributed by atoms with Crippen molar-refractivity contribution in [3.05, 3.63) is 56.9 Å². The minimum Gasteiger partial charge on any atom is -0.399 e. The standard InChI is InChI=1S/C14H12FIN2O/c1-8-6-10(3-5-13(8)17)18-14(19)11-4-2-9(15)7-12(11)16/h2-7H,17H2,1H3,(H,18,19). The Morgan fingerprint density at radius 2 is 2.00 bits per heavy atom. The predicted octanol–water partition coefficient (Wildman–Crippen LogP) is 3.57. The maximum atomic E-state index is 13.0. The number of amides is 1. The van der Waals surface area contributed by atoms with E-state index in [1.807, 2.05) is 29.5 Å². The van der Waals surface area contributed by atoms with E-state index in [2.05, 4.69) is 5.32 Å². The maximum absolute atomic E-state index is 13.0. The molecule has 3 nitrogen and oxygen atoms in total. The summed E-state index contributed by atoms with van der Waals surface area (Å²) in [5, 5.41) is 2.76. The lowest BCUT2D eigenvalue weighted by Crippen LogP contribution is -2.13. The van der Waals surface area contributed by atoms with Crippen LogP contribution < -0.4 is 11.1 Å². The zero-order valence-electron chi connectivity index (χ0n) is 10.2. The minimum atomic E-state index is -0.357. The van der Waals surface area contributed by atoms with Gasteiger partial charge in [-0.3, -0.25) is 4.79 Å². The van der Waals surface area contributed by atoms with E-state index >= 15 is 0 Å². The van der Waals surface area contributed by atoms with E-state index in [1.165, 1.54) is 18.2 Å². The highest BCUT2D eigenvalue weighted by Gasteiger charge is 2.11. The second-order valence-corrected chi connectivity index (χ2v) is 5.31. The highest BCUT2D eigenvalue weighted by atomic mass is 127. The molecule has 0 aliphatic rings. The SMILES string of the molecule is Cc1cc(NC(=O)c2ccc(F)cc2I)ccc1N. The number of rotatable bonds is 2. The third kappa shape index (κ3) is 3.23. The van der Waals surface area contributed by atoms with Crippen molar-refractivity contribution in [2.45, 2.75) is 6.92 Å². The van der Waals surface area contributed by atoms with Crippen LogP contribution in [0.1, 0.15) is 15.9 Å². The first-order valence-electron chi connectivity index (χ1n) is 5.60. The monoisotopic (exact) mass is 370 g/mol. The molecule has 0 saturated carbocycles. The van der Waals surface area contributed by atoms with Crippen LogP contribution in [0.15, 0.2) is 36.4 Å². The van der Waals surface area contributed by atoms with Crippen molar-refractivity contribution < 1.29 is 9.18 Å². The number of hydrogen-bond donors (Lipinski definition) is 2. The molecule has 0 aromatic heterocycles. The van der Waals surface area contributed by atoms with Crippen molar-refractivity contribution in [3.63, 3.8) is 0 Å². The molecule has 0 aliphatic carbocycles. The Morgan fingerprint density at radius 1 is 1.26 bits per heavy atom. The average Bonchev–Trinajstić information content (AvgIpc) is 2.33. The van der Waals surface area contributed by atoms with Crippen LogP contribution in [0.2, 0.25) is 0 Å². The number of anilines is 2. The van der Waals surface area contributed by atoms with E-state index in [0.29, 0.717) is 20.5 Å². The lowest BCUT2D eigenvalue weighted by molar-refractivity contribution is 0.102. The lowest BCUT2D eigenvalue weighted by Gasteiger charge is -2.08. The van der Waals surface area contributed by atoms with Crippen molar-refractivity contribution in [2.75, 3.05) is 11.1 Å². The van der Waals surface area contributed by atoms with Crippen LogP contribution in [0, 0.1) is 16.3 Å². The quantitative estimate of drug-likeness (QED) is 0.627. The molecule has 0 heterocycles. The van der Waals surface area contributed by atoms with E-state index in [4.69, 9.17) is 5.73 Å². The van der Waals surface area contributed by atoms with Gasteiger partial charge >= 0.3 is 0 Å². The maximum Gasteiger partial charge on any atom is 0.256 e. The lowest BCUT2D eigenvalue weighted by atomic mass is 10.1.